The van der Waals surface area contributed by atoms with Crippen LogP contribution in [0.2, 0.25) is 0 Å². The van der Waals surface area contributed by atoms with E-state index in [4.69, 9.17) is 10.2 Å². The number of aromatic nitrogens is 1. The van der Waals surface area contributed by atoms with Gasteiger partial charge in [-0.05, 0) is 49.7 Å². The van der Waals surface area contributed by atoms with E-state index >= 15 is 0 Å². The predicted octanol–water partition coefficient (Wildman–Crippen LogP) is 2.17. The van der Waals surface area contributed by atoms with Crippen LogP contribution in [0.1, 0.15) is 30.7 Å². The van der Waals surface area contributed by atoms with Gasteiger partial charge in [-0.1, -0.05) is 12.1 Å². The molecule has 0 spiro atoms. The molecule has 1 aromatic heterocycles. The van der Waals surface area contributed by atoms with Gasteiger partial charge < -0.3 is 15.5 Å². The molecule has 2 fully saturated rings. The number of hydrogen-bond acceptors (Lipinski definition) is 4. The Morgan fingerprint density at radius 1 is 1.39 bits per heavy atom. The minimum atomic E-state index is -0.000345. The molecule has 3 N–H and O–H groups in total. The van der Waals surface area contributed by atoms with Gasteiger partial charge in [-0.2, -0.15) is 0 Å². The van der Waals surface area contributed by atoms with Crippen LogP contribution >= 0.6 is 0 Å². The fraction of sp³-hybridized carbons (Fsp3) is 0.556. The van der Waals surface area contributed by atoms with E-state index in [0.29, 0.717) is 30.7 Å². The lowest BCUT2D eigenvalue weighted by Gasteiger charge is -2.26. The predicted molar refractivity (Wildman–Crippen MR) is 87.8 cm³/mol. The van der Waals surface area contributed by atoms with Gasteiger partial charge in [0.25, 0.3) is 0 Å². The average molecular weight is 313 g/mol. The Morgan fingerprint density at radius 2 is 2.22 bits per heavy atom. The quantitative estimate of drug-likeness (QED) is 0.906. The van der Waals surface area contributed by atoms with Crippen molar-refractivity contribution in [1.82, 2.24) is 10.3 Å². The number of benzene rings is 1. The van der Waals surface area contributed by atoms with Crippen molar-refractivity contribution in [3.63, 3.8) is 0 Å². The molecule has 23 heavy (non-hydrogen) atoms. The highest BCUT2D eigenvalue weighted by Crippen LogP contribution is 2.47. The first kappa shape index (κ1) is 14.7. The molecule has 0 radical (unpaired) electrons. The van der Waals surface area contributed by atoms with Gasteiger partial charge >= 0.3 is 0 Å². The highest BCUT2D eigenvalue weighted by atomic mass is 16.3. The van der Waals surface area contributed by atoms with Crippen molar-refractivity contribution in [1.29, 1.82) is 0 Å². The summed E-state index contributed by atoms with van der Waals surface area (Å²) in [6.45, 7) is 2.57. The van der Waals surface area contributed by atoms with Crippen LogP contribution < -0.4 is 11.1 Å². The highest BCUT2D eigenvalue weighted by molar-refractivity contribution is 5.80. The Morgan fingerprint density at radius 3 is 2.96 bits per heavy atom. The fourth-order valence-corrected chi connectivity index (χ4v) is 4.37. The molecule has 1 heterocycles. The zero-order chi connectivity index (χ0) is 16.0. The van der Waals surface area contributed by atoms with Crippen molar-refractivity contribution in [2.45, 2.75) is 38.6 Å². The summed E-state index contributed by atoms with van der Waals surface area (Å²) in [6, 6.07) is 5.95. The van der Waals surface area contributed by atoms with Crippen molar-refractivity contribution in [2.75, 3.05) is 6.54 Å². The third-order valence-electron chi connectivity index (χ3n) is 5.59. The van der Waals surface area contributed by atoms with E-state index < -0.39 is 0 Å². The molecule has 2 aliphatic carbocycles. The van der Waals surface area contributed by atoms with E-state index in [1.807, 2.05) is 25.1 Å². The smallest absolute Gasteiger partial charge is 0.224 e. The molecule has 0 saturated heterocycles. The molecule has 122 valence electrons. The van der Waals surface area contributed by atoms with E-state index in [0.717, 1.165) is 29.5 Å². The summed E-state index contributed by atoms with van der Waals surface area (Å²) >= 11 is 0. The Labute approximate surface area is 135 Å². The molecule has 2 saturated carbocycles. The Balaban J connectivity index is 1.36. The number of hydrogen-bond donors (Lipinski definition) is 2. The number of nitrogens with zero attached hydrogens (tertiary/aromatic N) is 1. The molecule has 4 atom stereocenters. The second-order valence-corrected chi connectivity index (χ2v) is 7.01. The van der Waals surface area contributed by atoms with Crippen LogP contribution in [0.4, 0.5) is 0 Å². The first-order valence-corrected chi connectivity index (χ1v) is 8.52. The van der Waals surface area contributed by atoms with E-state index in [9.17, 15) is 4.79 Å². The van der Waals surface area contributed by atoms with Gasteiger partial charge in [0.15, 0.2) is 11.5 Å². The normalized spacial score (nSPS) is 29.3. The van der Waals surface area contributed by atoms with Gasteiger partial charge in [-0.3, -0.25) is 4.79 Å². The zero-order valence-electron chi connectivity index (χ0n) is 13.4. The molecule has 5 heteroatoms. The summed E-state index contributed by atoms with van der Waals surface area (Å²) in [5, 5.41) is 3.03. The molecule has 2 bridgehead atoms. The summed E-state index contributed by atoms with van der Waals surface area (Å²) in [5.41, 5.74) is 9.04. The number of para-hydroxylation sites is 1. The maximum Gasteiger partial charge on any atom is 0.224 e. The monoisotopic (exact) mass is 313 g/mol. The van der Waals surface area contributed by atoms with Gasteiger partial charge in [0, 0.05) is 19.0 Å². The Bertz CT molecular complexity index is 737. The van der Waals surface area contributed by atoms with E-state index in [2.05, 4.69) is 10.3 Å². The molecule has 4 rings (SSSR count). The van der Waals surface area contributed by atoms with Crippen LogP contribution in [0.5, 0.6) is 0 Å². The maximum absolute atomic E-state index is 12.4. The van der Waals surface area contributed by atoms with Gasteiger partial charge in [0.1, 0.15) is 5.52 Å². The van der Waals surface area contributed by atoms with E-state index in [1.165, 1.54) is 6.42 Å². The SMILES string of the molecule is Cc1cccc2oc(CCNC(=O)C3C4CCC(C4)C3N)nc12. The Kier molecular flexibility index (Phi) is 3.60. The second kappa shape index (κ2) is 5.64. The minimum Gasteiger partial charge on any atom is -0.441 e. The molecule has 5 nitrogen and oxygen atoms in total. The van der Waals surface area contributed by atoms with Gasteiger partial charge in [0.05, 0.1) is 5.92 Å². The largest absolute Gasteiger partial charge is 0.441 e. The number of nitrogens with two attached hydrogens (primary N) is 1. The average Bonchev–Trinajstić information content (AvgIpc) is 3.21. The zero-order valence-corrected chi connectivity index (χ0v) is 13.4. The molecule has 1 amide bonds. The number of amides is 1. The maximum atomic E-state index is 12.4. The second-order valence-electron chi connectivity index (χ2n) is 7.01. The molecule has 2 aromatic rings. The van der Waals surface area contributed by atoms with Crippen LogP contribution in [0, 0.1) is 24.7 Å². The summed E-state index contributed by atoms with van der Waals surface area (Å²) in [5.74, 6) is 1.82. The van der Waals surface area contributed by atoms with E-state index in [1.54, 1.807) is 0 Å². The molecule has 2 aliphatic rings. The molecule has 1 aromatic carbocycles. The van der Waals surface area contributed by atoms with Crippen molar-refractivity contribution < 1.29 is 9.21 Å². The number of rotatable bonds is 4. The third kappa shape index (κ3) is 2.53. The van der Waals surface area contributed by atoms with Crippen molar-refractivity contribution >= 4 is 17.0 Å². The third-order valence-corrected chi connectivity index (χ3v) is 5.59. The minimum absolute atomic E-state index is 0.000345. The summed E-state index contributed by atoms with van der Waals surface area (Å²) in [6.07, 6.45) is 4.08. The van der Waals surface area contributed by atoms with Gasteiger partial charge in [-0.25, -0.2) is 4.98 Å². The van der Waals surface area contributed by atoms with Crippen LogP contribution in [0.25, 0.3) is 11.1 Å². The standard InChI is InChI=1S/C18H23N3O2/c1-10-3-2-4-13-17(10)21-14(23-13)7-8-20-18(22)15-11-5-6-12(9-11)16(15)19/h2-4,11-12,15-16H,5-9,19H2,1H3,(H,20,22). The van der Waals surface area contributed by atoms with Crippen LogP contribution in [0.3, 0.4) is 0 Å². The molecule has 0 aliphatic heterocycles. The lowest BCUT2D eigenvalue weighted by Crippen LogP contribution is -2.45. The van der Waals surface area contributed by atoms with Crippen molar-refractivity contribution in [3.05, 3.63) is 29.7 Å². The highest BCUT2D eigenvalue weighted by Gasteiger charge is 2.48. The van der Waals surface area contributed by atoms with Gasteiger partial charge in [0.2, 0.25) is 5.91 Å². The van der Waals surface area contributed by atoms with Crippen molar-refractivity contribution in [3.8, 4) is 0 Å². The van der Waals surface area contributed by atoms with Crippen LogP contribution in [-0.2, 0) is 11.2 Å². The number of fused-ring (bicyclic) bond motifs is 3. The number of carbonyl (C=O) groups excluding carboxylic acids is 1. The first-order valence-electron chi connectivity index (χ1n) is 8.52. The van der Waals surface area contributed by atoms with Gasteiger partial charge in [-0.15, -0.1) is 0 Å². The fourth-order valence-electron chi connectivity index (χ4n) is 4.37. The number of nitrogens with one attached hydrogen (secondary N) is 1. The first-order chi connectivity index (χ1) is 11.1. The Hall–Kier alpha value is -1.88. The topological polar surface area (TPSA) is 81.2 Å². The number of oxazole rings is 1. The number of carbonyl (C=O) groups is 1. The number of aryl methyl sites for hydroxylation is 1. The molecular formula is C18H23N3O2. The van der Waals surface area contributed by atoms with Crippen LogP contribution in [-0.4, -0.2) is 23.5 Å². The molecule has 4 unspecified atom stereocenters. The summed E-state index contributed by atoms with van der Waals surface area (Å²) in [7, 11) is 0. The lowest BCUT2D eigenvalue weighted by molar-refractivity contribution is -0.127. The summed E-state index contributed by atoms with van der Waals surface area (Å²) < 4.78 is 5.74. The molecular weight excluding hydrogens is 290 g/mol. The van der Waals surface area contributed by atoms with Crippen molar-refractivity contribution in [2.24, 2.45) is 23.5 Å². The van der Waals surface area contributed by atoms with Crippen LogP contribution in [0.15, 0.2) is 22.6 Å². The lowest BCUT2D eigenvalue weighted by atomic mass is 9.84. The summed E-state index contributed by atoms with van der Waals surface area (Å²) in [4.78, 5) is 16.9. The van der Waals surface area contributed by atoms with E-state index in [-0.39, 0.29) is 17.9 Å².